The lowest BCUT2D eigenvalue weighted by molar-refractivity contribution is -0.928. The number of anilines is 1. The summed E-state index contributed by atoms with van der Waals surface area (Å²) in [4.78, 5) is 24.6. The standard InChI is InChI=1S/C18H25N3O4/c1-25-14-8-9-15(17(11-14)21(23)24)19-18(22)12-20-10-4-6-13-5-2-3-7-16(13)20/h8-9,11,13,16H,2-7,10,12H2,1H3,(H,19,22)/p+1/t13-,16+/m1/s1. The van der Waals surface area contributed by atoms with Gasteiger partial charge in [-0.1, -0.05) is 6.42 Å². The Morgan fingerprint density at radius 3 is 2.84 bits per heavy atom. The predicted octanol–water partition coefficient (Wildman–Crippen LogP) is 1.78. The summed E-state index contributed by atoms with van der Waals surface area (Å²) in [5.74, 6) is 0.978. The van der Waals surface area contributed by atoms with E-state index in [9.17, 15) is 14.9 Å². The van der Waals surface area contributed by atoms with Crippen molar-refractivity contribution in [1.82, 2.24) is 0 Å². The molecule has 1 aromatic rings. The fourth-order valence-corrected chi connectivity index (χ4v) is 4.38. The average molecular weight is 348 g/mol. The van der Waals surface area contributed by atoms with Crippen LogP contribution in [0.3, 0.4) is 0 Å². The maximum absolute atomic E-state index is 12.5. The van der Waals surface area contributed by atoms with Crippen molar-refractivity contribution in [3.63, 3.8) is 0 Å². The second-order valence-corrected chi connectivity index (χ2v) is 7.07. The lowest BCUT2D eigenvalue weighted by atomic mass is 9.78. The van der Waals surface area contributed by atoms with Crippen molar-refractivity contribution in [2.45, 2.75) is 44.6 Å². The molecule has 136 valence electrons. The minimum Gasteiger partial charge on any atom is -0.496 e. The Balaban J connectivity index is 1.67. The maximum Gasteiger partial charge on any atom is 0.296 e. The molecule has 1 saturated carbocycles. The molecule has 2 fully saturated rings. The summed E-state index contributed by atoms with van der Waals surface area (Å²) in [7, 11) is 1.46. The summed E-state index contributed by atoms with van der Waals surface area (Å²) in [6.45, 7) is 1.39. The fourth-order valence-electron chi connectivity index (χ4n) is 4.38. The number of likely N-dealkylation sites (tertiary alicyclic amines) is 1. The van der Waals surface area contributed by atoms with E-state index in [2.05, 4.69) is 5.32 Å². The number of ether oxygens (including phenoxy) is 1. The molecule has 2 aliphatic rings. The predicted molar refractivity (Wildman–Crippen MR) is 94.0 cm³/mol. The van der Waals surface area contributed by atoms with Gasteiger partial charge in [0.05, 0.1) is 30.7 Å². The Bertz CT molecular complexity index is 647. The highest BCUT2D eigenvalue weighted by Gasteiger charge is 2.37. The SMILES string of the molecule is COc1ccc(NC(=O)C[NH+]2CCC[C@H]3CCCC[C@@H]32)c([N+](=O)[O-])c1. The third kappa shape index (κ3) is 4.10. The third-order valence-corrected chi connectivity index (χ3v) is 5.57. The summed E-state index contributed by atoms with van der Waals surface area (Å²) in [6.07, 6.45) is 7.46. The smallest absolute Gasteiger partial charge is 0.296 e. The maximum atomic E-state index is 12.5. The van der Waals surface area contributed by atoms with Crippen LogP contribution in [-0.2, 0) is 4.79 Å². The van der Waals surface area contributed by atoms with Crippen molar-refractivity contribution in [1.29, 1.82) is 0 Å². The zero-order valence-electron chi connectivity index (χ0n) is 14.6. The molecule has 0 bridgehead atoms. The van der Waals surface area contributed by atoms with Crippen LogP contribution in [-0.4, -0.2) is 37.1 Å². The number of nitro groups is 1. The number of fused-ring (bicyclic) bond motifs is 1. The van der Waals surface area contributed by atoms with Crippen LogP contribution < -0.4 is 15.0 Å². The number of carbonyl (C=O) groups excluding carboxylic acids is 1. The molecule has 1 aliphatic carbocycles. The lowest BCUT2D eigenvalue weighted by Crippen LogP contribution is -3.18. The fraction of sp³-hybridized carbons (Fsp3) is 0.611. The highest BCUT2D eigenvalue weighted by molar-refractivity contribution is 5.93. The van der Waals surface area contributed by atoms with E-state index < -0.39 is 4.92 Å². The van der Waals surface area contributed by atoms with Gasteiger partial charge < -0.3 is 15.0 Å². The van der Waals surface area contributed by atoms with E-state index in [0.717, 1.165) is 18.9 Å². The molecule has 0 spiro atoms. The van der Waals surface area contributed by atoms with Crippen LogP contribution in [0, 0.1) is 16.0 Å². The quantitative estimate of drug-likeness (QED) is 0.627. The van der Waals surface area contributed by atoms with Crippen LogP contribution in [0.1, 0.15) is 38.5 Å². The van der Waals surface area contributed by atoms with Gasteiger partial charge in [-0.15, -0.1) is 0 Å². The summed E-state index contributed by atoms with van der Waals surface area (Å²) >= 11 is 0. The van der Waals surface area contributed by atoms with E-state index in [1.165, 1.54) is 56.2 Å². The van der Waals surface area contributed by atoms with Gasteiger partial charge in [0, 0.05) is 5.92 Å². The molecule has 1 heterocycles. The van der Waals surface area contributed by atoms with Crippen molar-refractivity contribution in [3.8, 4) is 5.75 Å². The summed E-state index contributed by atoms with van der Waals surface area (Å²) in [6, 6.07) is 5.05. The van der Waals surface area contributed by atoms with Crippen molar-refractivity contribution >= 4 is 17.3 Å². The first-order valence-corrected chi connectivity index (χ1v) is 9.05. The number of rotatable bonds is 5. The Hall–Kier alpha value is -2.15. The molecule has 1 unspecified atom stereocenters. The average Bonchev–Trinajstić information content (AvgIpc) is 2.62. The van der Waals surface area contributed by atoms with E-state index >= 15 is 0 Å². The molecule has 7 heteroatoms. The second-order valence-electron chi connectivity index (χ2n) is 7.07. The van der Waals surface area contributed by atoms with Gasteiger partial charge in [0.1, 0.15) is 11.4 Å². The van der Waals surface area contributed by atoms with Crippen LogP contribution in [0.15, 0.2) is 18.2 Å². The van der Waals surface area contributed by atoms with Gasteiger partial charge in [-0.05, 0) is 44.2 Å². The molecular formula is C18H26N3O4+. The van der Waals surface area contributed by atoms with Crippen LogP contribution in [0.5, 0.6) is 5.75 Å². The molecule has 3 atom stereocenters. The molecule has 1 aliphatic heterocycles. The number of benzene rings is 1. The number of nitro benzene ring substituents is 1. The van der Waals surface area contributed by atoms with Gasteiger partial charge in [-0.3, -0.25) is 14.9 Å². The Morgan fingerprint density at radius 1 is 1.32 bits per heavy atom. The van der Waals surface area contributed by atoms with Gasteiger partial charge in [-0.2, -0.15) is 0 Å². The van der Waals surface area contributed by atoms with E-state index in [1.54, 1.807) is 6.07 Å². The summed E-state index contributed by atoms with van der Waals surface area (Å²) in [5.41, 5.74) is 0.0873. The molecule has 25 heavy (non-hydrogen) atoms. The minimum absolute atomic E-state index is 0.142. The van der Waals surface area contributed by atoms with Crippen molar-refractivity contribution < 1.29 is 19.4 Å². The first kappa shape index (κ1) is 17.7. The van der Waals surface area contributed by atoms with Crippen molar-refractivity contribution in [3.05, 3.63) is 28.3 Å². The normalized spacial score (nSPS) is 25.7. The monoisotopic (exact) mass is 348 g/mol. The van der Waals surface area contributed by atoms with Gasteiger partial charge in [0.2, 0.25) is 0 Å². The Morgan fingerprint density at radius 2 is 2.08 bits per heavy atom. The van der Waals surface area contributed by atoms with Gasteiger partial charge >= 0.3 is 0 Å². The van der Waals surface area contributed by atoms with Crippen molar-refractivity contribution in [2.75, 3.05) is 25.5 Å². The van der Waals surface area contributed by atoms with Crippen molar-refractivity contribution in [2.24, 2.45) is 5.92 Å². The molecule has 7 nitrogen and oxygen atoms in total. The first-order valence-electron chi connectivity index (χ1n) is 9.05. The molecule has 0 radical (unpaired) electrons. The number of nitrogens with zero attached hydrogens (tertiary/aromatic N) is 1. The van der Waals surface area contributed by atoms with Gasteiger partial charge in [0.15, 0.2) is 6.54 Å². The Kier molecular flexibility index (Phi) is 5.53. The minimum atomic E-state index is -0.497. The topological polar surface area (TPSA) is 85.9 Å². The van der Waals surface area contributed by atoms with E-state index in [-0.39, 0.29) is 17.3 Å². The number of amides is 1. The molecule has 1 amide bonds. The molecule has 1 saturated heterocycles. The van der Waals surface area contributed by atoms with Gasteiger partial charge in [-0.25, -0.2) is 0 Å². The van der Waals surface area contributed by atoms with E-state index in [1.807, 2.05) is 0 Å². The van der Waals surface area contributed by atoms with Crippen LogP contribution in [0.25, 0.3) is 0 Å². The number of quaternary nitrogens is 1. The lowest BCUT2D eigenvalue weighted by Gasteiger charge is -2.40. The van der Waals surface area contributed by atoms with E-state index in [0.29, 0.717) is 18.3 Å². The summed E-state index contributed by atoms with van der Waals surface area (Å²) < 4.78 is 5.02. The van der Waals surface area contributed by atoms with Crippen LogP contribution in [0.2, 0.25) is 0 Å². The number of hydrogen-bond donors (Lipinski definition) is 2. The van der Waals surface area contributed by atoms with Crippen LogP contribution >= 0.6 is 0 Å². The third-order valence-electron chi connectivity index (χ3n) is 5.57. The van der Waals surface area contributed by atoms with Gasteiger partial charge in [0.25, 0.3) is 11.6 Å². The second kappa shape index (κ2) is 7.82. The van der Waals surface area contributed by atoms with Crippen LogP contribution in [0.4, 0.5) is 11.4 Å². The number of hydrogen-bond acceptors (Lipinski definition) is 4. The number of carbonyl (C=O) groups is 1. The first-order chi connectivity index (χ1) is 12.1. The van der Waals surface area contributed by atoms with E-state index in [4.69, 9.17) is 4.74 Å². The highest BCUT2D eigenvalue weighted by atomic mass is 16.6. The zero-order valence-corrected chi connectivity index (χ0v) is 14.6. The molecule has 1 aromatic carbocycles. The molecular weight excluding hydrogens is 322 g/mol. The molecule has 0 aromatic heterocycles. The number of nitrogens with one attached hydrogen (secondary N) is 2. The largest absolute Gasteiger partial charge is 0.496 e. The number of methoxy groups -OCH3 is 1. The summed E-state index contributed by atoms with van der Waals surface area (Å²) in [5, 5.41) is 14.0. The Labute approximate surface area is 147 Å². The molecule has 3 rings (SSSR count). The zero-order chi connectivity index (χ0) is 17.8. The number of piperidine rings is 1. The molecule has 2 N–H and O–H groups in total. The highest BCUT2D eigenvalue weighted by Crippen LogP contribution is 2.29.